The first-order valence-corrected chi connectivity index (χ1v) is 7.63. The molecule has 0 amide bonds. The highest BCUT2D eigenvalue weighted by atomic mass is 32.1. The fourth-order valence-corrected chi connectivity index (χ4v) is 2.47. The maximum absolute atomic E-state index is 5.91. The number of rotatable bonds is 7. The standard InChI is InChI=1S/C15H18N2O2S/c1-18-13-4-5-15(19-9-14-8-16-10-20-14)11(6-13)7-17-12-2-3-12/h4-6,8,10,12,17H,2-3,7,9H2,1H3. The number of hydrogen-bond donors (Lipinski definition) is 1. The van der Waals surface area contributed by atoms with Gasteiger partial charge in [-0.2, -0.15) is 0 Å². The van der Waals surface area contributed by atoms with Crippen LogP contribution in [0.4, 0.5) is 0 Å². The van der Waals surface area contributed by atoms with Crippen molar-refractivity contribution in [3.63, 3.8) is 0 Å². The molecule has 106 valence electrons. The van der Waals surface area contributed by atoms with E-state index in [0.29, 0.717) is 12.6 Å². The second kappa shape index (κ2) is 6.24. The minimum atomic E-state index is 0.563. The van der Waals surface area contributed by atoms with Crippen LogP contribution >= 0.6 is 11.3 Å². The lowest BCUT2D eigenvalue weighted by Gasteiger charge is -2.13. The fourth-order valence-electron chi connectivity index (χ4n) is 1.97. The molecule has 1 N–H and O–H groups in total. The largest absolute Gasteiger partial charge is 0.497 e. The van der Waals surface area contributed by atoms with Crippen molar-refractivity contribution in [3.8, 4) is 11.5 Å². The zero-order valence-electron chi connectivity index (χ0n) is 11.5. The molecule has 0 spiro atoms. The van der Waals surface area contributed by atoms with Crippen molar-refractivity contribution >= 4 is 11.3 Å². The van der Waals surface area contributed by atoms with Crippen molar-refractivity contribution in [1.82, 2.24) is 10.3 Å². The van der Waals surface area contributed by atoms with Crippen LogP contribution in [0.5, 0.6) is 11.5 Å². The molecule has 1 aliphatic rings. The molecule has 1 fully saturated rings. The molecule has 1 aromatic carbocycles. The Kier molecular flexibility index (Phi) is 4.18. The molecule has 2 aromatic rings. The molecule has 1 aromatic heterocycles. The van der Waals surface area contributed by atoms with Gasteiger partial charge in [0.25, 0.3) is 0 Å². The van der Waals surface area contributed by atoms with Gasteiger partial charge in [-0.3, -0.25) is 4.98 Å². The van der Waals surface area contributed by atoms with Crippen LogP contribution in [0.15, 0.2) is 29.9 Å². The average molecular weight is 290 g/mol. The summed E-state index contributed by atoms with van der Waals surface area (Å²) in [6.07, 6.45) is 4.40. The zero-order valence-corrected chi connectivity index (χ0v) is 12.3. The zero-order chi connectivity index (χ0) is 13.8. The van der Waals surface area contributed by atoms with Crippen LogP contribution < -0.4 is 14.8 Å². The lowest BCUT2D eigenvalue weighted by molar-refractivity contribution is 0.304. The van der Waals surface area contributed by atoms with Gasteiger partial charge < -0.3 is 14.8 Å². The molecule has 0 atom stereocenters. The quantitative estimate of drug-likeness (QED) is 0.851. The molecule has 0 bridgehead atoms. The normalized spacial score (nSPS) is 14.2. The predicted octanol–water partition coefficient (Wildman–Crippen LogP) is 2.98. The second-order valence-electron chi connectivity index (χ2n) is 4.89. The van der Waals surface area contributed by atoms with Crippen LogP contribution in [0.25, 0.3) is 0 Å². The second-order valence-corrected chi connectivity index (χ2v) is 5.86. The molecule has 0 radical (unpaired) electrons. The van der Waals surface area contributed by atoms with E-state index in [9.17, 15) is 0 Å². The maximum Gasteiger partial charge on any atom is 0.124 e. The highest BCUT2D eigenvalue weighted by Crippen LogP contribution is 2.27. The van der Waals surface area contributed by atoms with E-state index in [1.54, 1.807) is 18.4 Å². The maximum atomic E-state index is 5.91. The number of nitrogens with one attached hydrogen (secondary N) is 1. The Balaban J connectivity index is 1.69. The van der Waals surface area contributed by atoms with Gasteiger partial charge in [0, 0.05) is 24.3 Å². The molecule has 1 saturated carbocycles. The smallest absolute Gasteiger partial charge is 0.124 e. The van der Waals surface area contributed by atoms with Crippen molar-refractivity contribution in [3.05, 3.63) is 40.3 Å². The monoisotopic (exact) mass is 290 g/mol. The van der Waals surface area contributed by atoms with Crippen LogP contribution in [0.1, 0.15) is 23.3 Å². The summed E-state index contributed by atoms with van der Waals surface area (Å²) >= 11 is 1.61. The van der Waals surface area contributed by atoms with E-state index in [1.807, 2.05) is 29.9 Å². The minimum absolute atomic E-state index is 0.563. The third-order valence-electron chi connectivity index (χ3n) is 3.28. The third-order valence-corrected chi connectivity index (χ3v) is 4.03. The van der Waals surface area contributed by atoms with Gasteiger partial charge >= 0.3 is 0 Å². The Hall–Kier alpha value is -1.59. The Labute approximate surface area is 122 Å². The van der Waals surface area contributed by atoms with Crippen molar-refractivity contribution in [2.45, 2.75) is 32.0 Å². The lowest BCUT2D eigenvalue weighted by atomic mass is 10.2. The van der Waals surface area contributed by atoms with E-state index in [0.717, 1.165) is 28.5 Å². The van der Waals surface area contributed by atoms with Gasteiger partial charge in [0.1, 0.15) is 18.1 Å². The summed E-state index contributed by atoms with van der Waals surface area (Å²) in [6, 6.07) is 6.62. The number of thiazole rings is 1. The van der Waals surface area contributed by atoms with Gasteiger partial charge in [-0.05, 0) is 31.0 Å². The van der Waals surface area contributed by atoms with Crippen LogP contribution in [0.2, 0.25) is 0 Å². The van der Waals surface area contributed by atoms with Gasteiger partial charge in [-0.15, -0.1) is 11.3 Å². The first-order chi connectivity index (χ1) is 9.85. The van der Waals surface area contributed by atoms with Crippen molar-refractivity contribution in [1.29, 1.82) is 0 Å². The Bertz CT molecular complexity index is 553. The van der Waals surface area contributed by atoms with E-state index in [-0.39, 0.29) is 0 Å². The summed E-state index contributed by atoms with van der Waals surface area (Å²) in [4.78, 5) is 5.19. The third kappa shape index (κ3) is 3.49. The molecule has 0 saturated heterocycles. The molecular weight excluding hydrogens is 272 g/mol. The average Bonchev–Trinajstić information content (AvgIpc) is 3.17. The van der Waals surface area contributed by atoms with Crippen LogP contribution in [0.3, 0.4) is 0 Å². The Morgan fingerprint density at radius 1 is 1.40 bits per heavy atom. The summed E-state index contributed by atoms with van der Waals surface area (Å²) in [5.41, 5.74) is 2.96. The molecule has 4 nitrogen and oxygen atoms in total. The lowest BCUT2D eigenvalue weighted by Crippen LogP contribution is -2.16. The van der Waals surface area contributed by atoms with Crippen LogP contribution in [0, 0.1) is 0 Å². The number of methoxy groups -OCH3 is 1. The van der Waals surface area contributed by atoms with Crippen molar-refractivity contribution in [2.24, 2.45) is 0 Å². The number of ether oxygens (including phenoxy) is 2. The van der Waals surface area contributed by atoms with Gasteiger partial charge in [-0.1, -0.05) is 0 Å². The summed E-state index contributed by atoms with van der Waals surface area (Å²) in [7, 11) is 1.69. The highest BCUT2D eigenvalue weighted by molar-refractivity contribution is 7.09. The molecular formula is C15H18N2O2S. The molecule has 0 aliphatic heterocycles. The number of benzene rings is 1. The van der Waals surface area contributed by atoms with Gasteiger partial charge in [0.15, 0.2) is 0 Å². The summed E-state index contributed by atoms with van der Waals surface area (Å²) in [6.45, 7) is 1.38. The number of aromatic nitrogens is 1. The fraction of sp³-hybridized carbons (Fsp3) is 0.400. The van der Waals surface area contributed by atoms with E-state index in [2.05, 4.69) is 10.3 Å². The van der Waals surface area contributed by atoms with Crippen LogP contribution in [-0.4, -0.2) is 18.1 Å². The van der Waals surface area contributed by atoms with E-state index in [4.69, 9.17) is 9.47 Å². The predicted molar refractivity (Wildman–Crippen MR) is 79.3 cm³/mol. The molecule has 0 unspecified atom stereocenters. The summed E-state index contributed by atoms with van der Waals surface area (Å²) in [5.74, 6) is 1.77. The van der Waals surface area contributed by atoms with E-state index in [1.165, 1.54) is 12.8 Å². The molecule has 20 heavy (non-hydrogen) atoms. The summed E-state index contributed by atoms with van der Waals surface area (Å²) < 4.78 is 11.2. The summed E-state index contributed by atoms with van der Waals surface area (Å²) in [5, 5.41) is 3.51. The Morgan fingerprint density at radius 3 is 3.00 bits per heavy atom. The van der Waals surface area contributed by atoms with Crippen LogP contribution in [-0.2, 0) is 13.2 Å². The SMILES string of the molecule is COc1ccc(OCc2cncs2)c(CNC2CC2)c1. The Morgan fingerprint density at radius 2 is 2.30 bits per heavy atom. The molecule has 1 heterocycles. The van der Waals surface area contributed by atoms with Gasteiger partial charge in [0.05, 0.1) is 17.5 Å². The van der Waals surface area contributed by atoms with E-state index >= 15 is 0 Å². The highest BCUT2D eigenvalue weighted by Gasteiger charge is 2.20. The number of nitrogens with zero attached hydrogens (tertiary/aromatic N) is 1. The van der Waals surface area contributed by atoms with Gasteiger partial charge in [0.2, 0.25) is 0 Å². The molecule has 3 rings (SSSR count). The van der Waals surface area contributed by atoms with Crippen molar-refractivity contribution in [2.75, 3.05) is 7.11 Å². The minimum Gasteiger partial charge on any atom is -0.497 e. The van der Waals surface area contributed by atoms with Crippen molar-refractivity contribution < 1.29 is 9.47 Å². The topological polar surface area (TPSA) is 43.4 Å². The molecule has 5 heteroatoms. The first kappa shape index (κ1) is 13.4. The first-order valence-electron chi connectivity index (χ1n) is 6.75. The molecule has 1 aliphatic carbocycles. The van der Waals surface area contributed by atoms with E-state index < -0.39 is 0 Å². The number of hydrogen-bond acceptors (Lipinski definition) is 5. The van der Waals surface area contributed by atoms with Gasteiger partial charge in [-0.25, -0.2) is 0 Å².